The molecule has 3 atom stereocenters. The summed E-state index contributed by atoms with van der Waals surface area (Å²) < 4.78 is 4.36. The smallest absolute Gasteiger partial charge is 0.326 e. The van der Waals surface area contributed by atoms with Crippen LogP contribution in [-0.2, 0) is 16.0 Å². The van der Waals surface area contributed by atoms with E-state index >= 15 is 0 Å². The number of carboxylic acid groups (broad SMARTS) is 2. The Kier molecular flexibility index (Phi) is 6.53. The number of hydrogen-bond acceptors (Lipinski definition) is 10. The van der Waals surface area contributed by atoms with Crippen LogP contribution in [0.2, 0.25) is 0 Å². The maximum Gasteiger partial charge on any atom is 0.326 e. The molecule has 8 N–H and O–H groups in total. The Labute approximate surface area is 181 Å². The van der Waals surface area contributed by atoms with E-state index in [4.69, 9.17) is 16.6 Å². The van der Waals surface area contributed by atoms with Gasteiger partial charge < -0.3 is 32.3 Å². The standard InChI is InChI=1S/C18H23N7O5S/c1-7(8-4-9-14(19)23-18(20)24-15(9)21-6-8)11-5-12(31-25-11)16(28)22-10(17(29)30)2-3-13(26)27/h5,7-8,10H,2-4,6H2,1H3,(H,22,28)(H,26,27)(H,29,30)(H5,19,20,21,23,24)/t7?,8?,10-/m0/s1. The van der Waals surface area contributed by atoms with Crippen molar-refractivity contribution in [2.75, 3.05) is 23.3 Å². The summed E-state index contributed by atoms with van der Waals surface area (Å²) in [5.74, 6) is -1.90. The lowest BCUT2D eigenvalue weighted by atomic mass is 9.84. The molecule has 0 aliphatic carbocycles. The summed E-state index contributed by atoms with van der Waals surface area (Å²) in [6.07, 6.45) is 0.0431. The van der Waals surface area contributed by atoms with Gasteiger partial charge in [-0.15, -0.1) is 0 Å². The van der Waals surface area contributed by atoms with Crippen molar-refractivity contribution in [1.29, 1.82) is 0 Å². The fourth-order valence-electron chi connectivity index (χ4n) is 3.39. The Hall–Kier alpha value is -3.48. The molecule has 1 amide bonds. The first kappa shape index (κ1) is 22.2. The summed E-state index contributed by atoms with van der Waals surface area (Å²) in [7, 11) is 0. The van der Waals surface area contributed by atoms with E-state index in [2.05, 4.69) is 25.0 Å². The molecule has 0 fully saturated rings. The highest BCUT2D eigenvalue weighted by Crippen LogP contribution is 2.35. The van der Waals surface area contributed by atoms with E-state index in [1.165, 1.54) is 0 Å². The number of aliphatic carboxylic acids is 2. The zero-order chi connectivity index (χ0) is 22.7. The Balaban J connectivity index is 1.67. The third kappa shape index (κ3) is 5.17. The Morgan fingerprint density at radius 2 is 2.06 bits per heavy atom. The molecule has 3 heterocycles. The molecule has 0 saturated carbocycles. The summed E-state index contributed by atoms with van der Waals surface area (Å²) in [6.45, 7) is 2.59. The van der Waals surface area contributed by atoms with E-state index in [-0.39, 0.29) is 35.5 Å². The van der Waals surface area contributed by atoms with E-state index in [1.54, 1.807) is 6.07 Å². The molecular formula is C18H23N7O5S. The molecule has 0 aromatic carbocycles. The average molecular weight is 449 g/mol. The molecule has 31 heavy (non-hydrogen) atoms. The van der Waals surface area contributed by atoms with Gasteiger partial charge in [0.1, 0.15) is 22.6 Å². The van der Waals surface area contributed by atoms with Crippen LogP contribution < -0.4 is 22.1 Å². The Morgan fingerprint density at radius 3 is 2.74 bits per heavy atom. The minimum Gasteiger partial charge on any atom is -0.481 e. The van der Waals surface area contributed by atoms with Crippen molar-refractivity contribution in [2.45, 2.75) is 38.1 Å². The van der Waals surface area contributed by atoms with Crippen molar-refractivity contribution in [2.24, 2.45) is 5.92 Å². The Morgan fingerprint density at radius 1 is 1.32 bits per heavy atom. The van der Waals surface area contributed by atoms with E-state index in [0.717, 1.165) is 17.1 Å². The number of amides is 1. The topological polar surface area (TPSA) is 206 Å². The largest absolute Gasteiger partial charge is 0.481 e. The lowest BCUT2D eigenvalue weighted by Crippen LogP contribution is -2.40. The quantitative estimate of drug-likeness (QED) is 0.327. The number of anilines is 3. The zero-order valence-electron chi connectivity index (χ0n) is 16.7. The summed E-state index contributed by atoms with van der Waals surface area (Å²) in [5, 5.41) is 23.5. The number of nitrogen functional groups attached to an aromatic ring is 2. The van der Waals surface area contributed by atoms with Gasteiger partial charge in [-0.3, -0.25) is 9.59 Å². The molecule has 2 unspecified atom stereocenters. The number of nitrogens with zero attached hydrogens (tertiary/aromatic N) is 3. The molecule has 2 aromatic heterocycles. The summed E-state index contributed by atoms with van der Waals surface area (Å²) in [6, 6.07) is 0.333. The van der Waals surface area contributed by atoms with Gasteiger partial charge in [-0.25, -0.2) is 4.79 Å². The average Bonchev–Trinajstić information content (AvgIpc) is 3.20. The molecule has 0 radical (unpaired) electrons. The maximum absolute atomic E-state index is 12.4. The highest BCUT2D eigenvalue weighted by molar-refractivity contribution is 7.08. The predicted octanol–water partition coefficient (Wildman–Crippen LogP) is 0.533. The van der Waals surface area contributed by atoms with Gasteiger partial charge >= 0.3 is 11.9 Å². The van der Waals surface area contributed by atoms with Crippen LogP contribution in [0.4, 0.5) is 17.6 Å². The van der Waals surface area contributed by atoms with Gasteiger partial charge in [0, 0.05) is 24.4 Å². The van der Waals surface area contributed by atoms with Crippen LogP contribution in [0, 0.1) is 5.92 Å². The number of carbonyl (C=O) groups excluding carboxylic acids is 1. The lowest BCUT2D eigenvalue weighted by molar-refractivity contribution is -0.140. The van der Waals surface area contributed by atoms with Gasteiger partial charge in [-0.1, -0.05) is 6.92 Å². The van der Waals surface area contributed by atoms with Crippen molar-refractivity contribution in [3.63, 3.8) is 0 Å². The zero-order valence-corrected chi connectivity index (χ0v) is 17.5. The van der Waals surface area contributed by atoms with Crippen molar-refractivity contribution in [1.82, 2.24) is 19.7 Å². The summed E-state index contributed by atoms with van der Waals surface area (Å²) in [4.78, 5) is 42.8. The Bertz CT molecular complexity index is 1010. The SMILES string of the molecule is CC(c1cc(C(=O)N[C@@H](CCC(=O)O)C(=O)O)sn1)C1CNc2nc(N)nc(N)c2C1. The second-order valence-corrected chi connectivity index (χ2v) is 8.15. The monoisotopic (exact) mass is 449 g/mol. The first-order chi connectivity index (χ1) is 14.7. The van der Waals surface area contributed by atoms with E-state index in [9.17, 15) is 19.5 Å². The number of nitrogens with one attached hydrogen (secondary N) is 2. The van der Waals surface area contributed by atoms with Gasteiger partial charge in [0.05, 0.1) is 5.69 Å². The van der Waals surface area contributed by atoms with Crippen LogP contribution in [0.1, 0.15) is 46.6 Å². The van der Waals surface area contributed by atoms with Crippen molar-refractivity contribution in [3.05, 3.63) is 22.2 Å². The number of aromatic nitrogens is 3. The van der Waals surface area contributed by atoms with Gasteiger partial charge in [0.2, 0.25) is 5.95 Å². The fourth-order valence-corrected chi connectivity index (χ4v) is 4.13. The van der Waals surface area contributed by atoms with E-state index in [0.29, 0.717) is 30.3 Å². The van der Waals surface area contributed by atoms with Crippen molar-refractivity contribution in [3.8, 4) is 0 Å². The molecule has 3 rings (SSSR count). The minimum atomic E-state index is -1.29. The maximum atomic E-state index is 12.4. The van der Waals surface area contributed by atoms with Gasteiger partial charge in [0.15, 0.2) is 0 Å². The second-order valence-electron chi connectivity index (χ2n) is 7.34. The lowest BCUT2D eigenvalue weighted by Gasteiger charge is -2.29. The van der Waals surface area contributed by atoms with Crippen LogP contribution >= 0.6 is 11.5 Å². The second kappa shape index (κ2) is 9.12. The van der Waals surface area contributed by atoms with Crippen molar-refractivity contribution >= 4 is 47.0 Å². The first-order valence-corrected chi connectivity index (χ1v) is 10.3. The molecule has 1 aliphatic heterocycles. The number of carbonyl (C=O) groups is 3. The highest BCUT2D eigenvalue weighted by atomic mass is 32.1. The van der Waals surface area contributed by atoms with Gasteiger partial charge in [-0.05, 0) is 36.4 Å². The molecule has 1 aliphatic rings. The van der Waals surface area contributed by atoms with Crippen LogP contribution in [0.25, 0.3) is 0 Å². The van der Waals surface area contributed by atoms with Crippen LogP contribution in [0.5, 0.6) is 0 Å². The third-order valence-corrected chi connectivity index (χ3v) is 6.03. The summed E-state index contributed by atoms with van der Waals surface area (Å²) in [5.41, 5.74) is 13.1. The molecular weight excluding hydrogens is 426 g/mol. The summed E-state index contributed by atoms with van der Waals surface area (Å²) >= 11 is 0.961. The normalized spacial score (nSPS) is 17.1. The number of carboxylic acids is 2. The third-order valence-electron chi connectivity index (χ3n) is 5.23. The van der Waals surface area contributed by atoms with Gasteiger partial charge in [0.25, 0.3) is 5.91 Å². The van der Waals surface area contributed by atoms with Crippen LogP contribution in [0.3, 0.4) is 0 Å². The van der Waals surface area contributed by atoms with Gasteiger partial charge in [-0.2, -0.15) is 14.3 Å². The van der Waals surface area contributed by atoms with E-state index < -0.39 is 23.9 Å². The predicted molar refractivity (Wildman–Crippen MR) is 113 cm³/mol. The number of fused-ring (bicyclic) bond motifs is 1. The minimum absolute atomic E-state index is 0.0299. The van der Waals surface area contributed by atoms with E-state index in [1.807, 2.05) is 6.92 Å². The van der Waals surface area contributed by atoms with Crippen molar-refractivity contribution < 1.29 is 24.6 Å². The molecule has 0 spiro atoms. The molecule has 0 bridgehead atoms. The highest BCUT2D eigenvalue weighted by Gasteiger charge is 2.30. The first-order valence-electron chi connectivity index (χ1n) is 9.53. The molecule has 0 saturated heterocycles. The molecule has 13 heteroatoms. The van der Waals surface area contributed by atoms with Crippen LogP contribution in [-0.4, -0.2) is 55.0 Å². The molecule has 166 valence electrons. The molecule has 2 aromatic rings. The van der Waals surface area contributed by atoms with Crippen LogP contribution in [0.15, 0.2) is 6.07 Å². The fraction of sp³-hybridized carbons (Fsp3) is 0.444. The molecule has 12 nitrogen and oxygen atoms in total. The number of nitrogens with two attached hydrogens (primary N) is 2. The number of rotatable bonds is 8. The number of hydrogen-bond donors (Lipinski definition) is 6.